The third kappa shape index (κ3) is 4.59. The minimum Gasteiger partial charge on any atom is -0.507 e. The van der Waals surface area contributed by atoms with Gasteiger partial charge in [0.2, 0.25) is 0 Å². The lowest BCUT2D eigenvalue weighted by atomic mass is 9.79. The van der Waals surface area contributed by atoms with Crippen LogP contribution in [0.1, 0.15) is 72.4 Å². The summed E-state index contributed by atoms with van der Waals surface area (Å²) in [7, 11) is 0. The number of alkyl halides is 2. The van der Waals surface area contributed by atoms with Gasteiger partial charge in [0.05, 0.1) is 6.42 Å². The zero-order valence-corrected chi connectivity index (χ0v) is 14.7. The first-order valence-corrected chi connectivity index (χ1v) is 7.73. The van der Waals surface area contributed by atoms with Crippen molar-refractivity contribution in [3.63, 3.8) is 0 Å². The third-order valence-electron chi connectivity index (χ3n) is 3.51. The van der Waals surface area contributed by atoms with Crippen molar-refractivity contribution in [2.45, 2.75) is 78.2 Å². The Morgan fingerprint density at radius 3 is 1.68 bits per heavy atom. The maximum atomic E-state index is 13.8. The molecular formula is C18H28F2O2. The molecule has 4 heteroatoms. The van der Waals surface area contributed by atoms with Crippen molar-refractivity contribution in [1.29, 1.82) is 0 Å². The first kappa shape index (κ1) is 18.7. The summed E-state index contributed by atoms with van der Waals surface area (Å²) >= 11 is 0. The Morgan fingerprint density at radius 2 is 1.36 bits per heavy atom. The van der Waals surface area contributed by atoms with Crippen LogP contribution in [0.25, 0.3) is 0 Å². The van der Waals surface area contributed by atoms with Crippen molar-refractivity contribution in [2.24, 2.45) is 0 Å². The van der Waals surface area contributed by atoms with Gasteiger partial charge in [-0.2, -0.15) is 8.78 Å². The first-order chi connectivity index (χ1) is 9.78. The number of rotatable bonds is 4. The highest BCUT2D eigenvalue weighted by molar-refractivity contribution is 5.52. The molecule has 0 aromatic heterocycles. The number of halogens is 2. The molecule has 1 rings (SSSR count). The van der Waals surface area contributed by atoms with Gasteiger partial charge in [-0.25, -0.2) is 0 Å². The number of aromatic hydroxyl groups is 1. The van der Waals surface area contributed by atoms with E-state index in [0.29, 0.717) is 17.5 Å². The summed E-state index contributed by atoms with van der Waals surface area (Å²) in [4.78, 5) is 0. The summed E-state index contributed by atoms with van der Waals surface area (Å²) in [5.41, 5.74) is 0.483. The predicted molar refractivity (Wildman–Crippen MR) is 86.0 cm³/mol. The van der Waals surface area contributed by atoms with Crippen LogP contribution in [0, 0.1) is 0 Å². The maximum absolute atomic E-state index is 13.8. The van der Waals surface area contributed by atoms with Crippen molar-refractivity contribution in [2.75, 3.05) is 0 Å². The molecule has 0 spiro atoms. The number of benzene rings is 1. The highest BCUT2D eigenvalue weighted by Crippen LogP contribution is 2.42. The van der Waals surface area contributed by atoms with Gasteiger partial charge < -0.3 is 9.84 Å². The molecule has 2 nitrogen and oxygen atoms in total. The molecular weight excluding hydrogens is 286 g/mol. The van der Waals surface area contributed by atoms with Crippen LogP contribution in [0.5, 0.6) is 11.5 Å². The lowest BCUT2D eigenvalue weighted by Crippen LogP contribution is -2.25. The highest BCUT2D eigenvalue weighted by Gasteiger charge is 2.33. The van der Waals surface area contributed by atoms with Crippen LogP contribution in [0.2, 0.25) is 0 Å². The van der Waals surface area contributed by atoms with Gasteiger partial charge in [-0.05, 0) is 29.4 Å². The number of phenolic OH excluding ortho intramolecular Hbond substituents is 1. The molecule has 126 valence electrons. The lowest BCUT2D eigenvalue weighted by Gasteiger charge is -2.29. The molecule has 0 saturated carbocycles. The average molecular weight is 314 g/mol. The minimum atomic E-state index is -3.20. The molecule has 0 aliphatic heterocycles. The zero-order valence-electron chi connectivity index (χ0n) is 14.7. The first-order valence-electron chi connectivity index (χ1n) is 7.73. The molecule has 0 bridgehead atoms. The normalized spacial score (nSPS) is 13.3. The molecule has 1 aromatic carbocycles. The van der Waals surface area contributed by atoms with E-state index in [1.54, 1.807) is 6.92 Å². The van der Waals surface area contributed by atoms with Gasteiger partial charge in [-0.15, -0.1) is 0 Å². The van der Waals surface area contributed by atoms with E-state index >= 15 is 0 Å². The van der Waals surface area contributed by atoms with Crippen LogP contribution in [0.4, 0.5) is 8.78 Å². The molecule has 1 N–H and O–H groups in total. The quantitative estimate of drug-likeness (QED) is 0.765. The summed E-state index contributed by atoms with van der Waals surface area (Å²) in [6, 6.07) is 3.04. The van der Waals surface area contributed by atoms with Crippen LogP contribution < -0.4 is 4.74 Å². The molecule has 0 radical (unpaired) electrons. The second-order valence-electron chi connectivity index (χ2n) is 7.86. The average Bonchev–Trinajstić information content (AvgIpc) is 2.27. The van der Waals surface area contributed by atoms with E-state index in [4.69, 9.17) is 4.74 Å². The third-order valence-corrected chi connectivity index (χ3v) is 3.51. The van der Waals surface area contributed by atoms with E-state index < -0.39 is 6.11 Å². The Balaban J connectivity index is 3.42. The Kier molecular flexibility index (Phi) is 5.15. The highest BCUT2D eigenvalue weighted by atomic mass is 19.3. The van der Waals surface area contributed by atoms with E-state index in [1.165, 1.54) is 12.1 Å². The van der Waals surface area contributed by atoms with E-state index in [0.717, 1.165) is 0 Å². The molecule has 0 unspecified atom stereocenters. The maximum Gasteiger partial charge on any atom is 0.397 e. The molecule has 0 aliphatic rings. The number of hydrogen-bond donors (Lipinski definition) is 1. The van der Waals surface area contributed by atoms with Crippen LogP contribution in [0.15, 0.2) is 12.1 Å². The smallest absolute Gasteiger partial charge is 0.397 e. The van der Waals surface area contributed by atoms with Crippen molar-refractivity contribution >= 4 is 0 Å². The Morgan fingerprint density at radius 1 is 0.955 bits per heavy atom. The van der Waals surface area contributed by atoms with Gasteiger partial charge in [0.25, 0.3) is 0 Å². The van der Waals surface area contributed by atoms with Gasteiger partial charge >= 0.3 is 6.11 Å². The van der Waals surface area contributed by atoms with E-state index in [1.807, 2.05) is 41.5 Å². The molecule has 0 saturated heterocycles. The second-order valence-corrected chi connectivity index (χ2v) is 7.86. The number of phenols is 1. The number of ether oxygens (including phenoxy) is 1. The SMILES string of the molecule is CCCC(F)(F)Oc1cc(C(C)(C)C)c(O)c(C(C)(C)C)c1. The van der Waals surface area contributed by atoms with E-state index in [2.05, 4.69) is 0 Å². The molecule has 0 atom stereocenters. The Hall–Kier alpha value is -1.32. The predicted octanol–water partition coefficient (Wildman–Crippen LogP) is 5.76. The molecule has 0 amide bonds. The van der Waals surface area contributed by atoms with Crippen LogP contribution in [0.3, 0.4) is 0 Å². The van der Waals surface area contributed by atoms with Crippen LogP contribution in [-0.2, 0) is 10.8 Å². The fraction of sp³-hybridized carbons (Fsp3) is 0.667. The summed E-state index contributed by atoms with van der Waals surface area (Å²) < 4.78 is 32.5. The standard InChI is InChI=1S/C18H28F2O2/c1-8-9-18(19,20)22-12-10-13(16(2,3)4)15(21)14(11-12)17(5,6)7/h10-11,21H,8-9H2,1-7H3. The monoisotopic (exact) mass is 314 g/mol. The number of hydrogen-bond acceptors (Lipinski definition) is 2. The molecule has 22 heavy (non-hydrogen) atoms. The van der Waals surface area contributed by atoms with Crippen molar-refractivity contribution in [3.05, 3.63) is 23.3 Å². The summed E-state index contributed by atoms with van der Waals surface area (Å²) in [6.45, 7) is 13.3. The summed E-state index contributed by atoms with van der Waals surface area (Å²) in [5.74, 6) is 0.261. The topological polar surface area (TPSA) is 29.5 Å². The second kappa shape index (κ2) is 6.05. The Labute approximate surface area is 132 Å². The fourth-order valence-corrected chi connectivity index (χ4v) is 2.32. The molecule has 0 aliphatic carbocycles. The molecule has 0 heterocycles. The largest absolute Gasteiger partial charge is 0.507 e. The Bertz CT molecular complexity index is 488. The molecule has 0 fully saturated rings. The van der Waals surface area contributed by atoms with Gasteiger partial charge in [0.15, 0.2) is 0 Å². The van der Waals surface area contributed by atoms with E-state index in [-0.39, 0.29) is 28.7 Å². The summed E-state index contributed by atoms with van der Waals surface area (Å²) in [6.07, 6.45) is -3.19. The lowest BCUT2D eigenvalue weighted by molar-refractivity contribution is -0.180. The van der Waals surface area contributed by atoms with Crippen LogP contribution >= 0.6 is 0 Å². The van der Waals surface area contributed by atoms with Crippen LogP contribution in [-0.4, -0.2) is 11.2 Å². The summed E-state index contributed by atoms with van der Waals surface area (Å²) in [5, 5.41) is 10.5. The van der Waals surface area contributed by atoms with E-state index in [9.17, 15) is 13.9 Å². The van der Waals surface area contributed by atoms with Gasteiger partial charge in [-0.3, -0.25) is 0 Å². The van der Waals surface area contributed by atoms with Gasteiger partial charge in [0.1, 0.15) is 11.5 Å². The van der Waals surface area contributed by atoms with Crippen molar-refractivity contribution in [1.82, 2.24) is 0 Å². The molecule has 1 aromatic rings. The fourth-order valence-electron chi connectivity index (χ4n) is 2.32. The van der Waals surface area contributed by atoms with Gasteiger partial charge in [0, 0.05) is 11.1 Å². The van der Waals surface area contributed by atoms with Gasteiger partial charge in [-0.1, -0.05) is 48.5 Å². The zero-order chi connectivity index (χ0) is 17.3. The minimum absolute atomic E-state index is 0.103. The van der Waals surface area contributed by atoms with Crippen molar-refractivity contribution < 1.29 is 18.6 Å². The van der Waals surface area contributed by atoms with Crippen molar-refractivity contribution in [3.8, 4) is 11.5 Å².